The monoisotopic (exact) mass is 318 g/mol. The molecule has 3 aromatic heterocycles. The highest BCUT2D eigenvalue weighted by atomic mass is 32.2. The minimum Gasteiger partial charge on any atom is -0.264 e. The highest BCUT2D eigenvalue weighted by Crippen LogP contribution is 2.30. The molecule has 2 N–H and O–H groups in total. The standard InChI is InChI=1S/C13H10N4O2S2/c14-21(18,19)12-5-1-4-10(17-12)11-8-16-13(20-11)9-3-2-6-15-7-9/h1-8H,(H2,14,18,19). The third kappa shape index (κ3) is 2.97. The summed E-state index contributed by atoms with van der Waals surface area (Å²) < 4.78 is 22.7. The summed E-state index contributed by atoms with van der Waals surface area (Å²) in [5.74, 6) is 0. The molecule has 0 bridgehead atoms. The van der Waals surface area contributed by atoms with E-state index in [0.717, 1.165) is 15.4 Å². The summed E-state index contributed by atoms with van der Waals surface area (Å²) >= 11 is 1.41. The Balaban J connectivity index is 2.01. The van der Waals surface area contributed by atoms with Crippen molar-refractivity contribution in [2.45, 2.75) is 5.03 Å². The number of thiazole rings is 1. The average molecular weight is 318 g/mol. The van der Waals surface area contributed by atoms with Gasteiger partial charge in [-0.25, -0.2) is 23.5 Å². The maximum Gasteiger partial charge on any atom is 0.255 e. The Hall–Kier alpha value is -2.16. The van der Waals surface area contributed by atoms with Gasteiger partial charge in [-0.3, -0.25) is 4.98 Å². The minimum atomic E-state index is -3.82. The maximum atomic E-state index is 11.3. The fraction of sp³-hybridized carbons (Fsp3) is 0. The van der Waals surface area contributed by atoms with E-state index in [2.05, 4.69) is 15.0 Å². The van der Waals surface area contributed by atoms with Gasteiger partial charge in [0, 0.05) is 24.2 Å². The van der Waals surface area contributed by atoms with Gasteiger partial charge in [0.2, 0.25) is 0 Å². The van der Waals surface area contributed by atoms with Gasteiger partial charge in [-0.15, -0.1) is 11.3 Å². The van der Waals surface area contributed by atoms with Crippen LogP contribution in [0.2, 0.25) is 0 Å². The van der Waals surface area contributed by atoms with Crippen molar-refractivity contribution >= 4 is 21.4 Å². The molecule has 0 radical (unpaired) electrons. The highest BCUT2D eigenvalue weighted by Gasteiger charge is 2.13. The number of aromatic nitrogens is 3. The van der Waals surface area contributed by atoms with Gasteiger partial charge >= 0.3 is 0 Å². The zero-order chi connectivity index (χ0) is 14.9. The van der Waals surface area contributed by atoms with Crippen LogP contribution in [0.1, 0.15) is 0 Å². The van der Waals surface area contributed by atoms with Crippen molar-refractivity contribution in [2.24, 2.45) is 5.14 Å². The molecule has 8 heteroatoms. The number of nitrogens with two attached hydrogens (primary N) is 1. The third-order valence-corrected chi connectivity index (χ3v) is 4.56. The van der Waals surface area contributed by atoms with Crippen LogP contribution in [-0.4, -0.2) is 23.4 Å². The van der Waals surface area contributed by atoms with Gasteiger partial charge in [0.15, 0.2) is 5.03 Å². The molecule has 3 aromatic rings. The fourth-order valence-electron chi connectivity index (χ4n) is 1.73. The molecule has 6 nitrogen and oxygen atoms in total. The molecule has 0 aliphatic heterocycles. The molecule has 0 amide bonds. The Kier molecular flexibility index (Phi) is 3.50. The summed E-state index contributed by atoms with van der Waals surface area (Å²) in [5.41, 5.74) is 1.42. The van der Waals surface area contributed by atoms with Crippen molar-refractivity contribution in [2.75, 3.05) is 0 Å². The van der Waals surface area contributed by atoms with Crippen LogP contribution < -0.4 is 5.14 Å². The summed E-state index contributed by atoms with van der Waals surface area (Å²) in [6, 6.07) is 8.42. The fourth-order valence-corrected chi connectivity index (χ4v) is 3.10. The Bertz CT molecular complexity index is 876. The van der Waals surface area contributed by atoms with Crippen molar-refractivity contribution in [3.05, 3.63) is 48.9 Å². The molecule has 0 saturated carbocycles. The molecule has 0 aromatic carbocycles. The smallest absolute Gasteiger partial charge is 0.255 e. The molecule has 0 aliphatic rings. The molecular formula is C13H10N4O2S2. The second-order valence-electron chi connectivity index (χ2n) is 4.18. The first-order valence-electron chi connectivity index (χ1n) is 5.90. The maximum absolute atomic E-state index is 11.3. The molecule has 0 saturated heterocycles. The number of primary sulfonamides is 1. The molecule has 0 atom stereocenters. The van der Waals surface area contributed by atoms with Crippen molar-refractivity contribution in [3.8, 4) is 21.1 Å². The summed E-state index contributed by atoms with van der Waals surface area (Å²) in [6.45, 7) is 0. The third-order valence-electron chi connectivity index (χ3n) is 2.68. The van der Waals surface area contributed by atoms with E-state index in [1.807, 2.05) is 12.1 Å². The van der Waals surface area contributed by atoms with Gasteiger partial charge < -0.3 is 0 Å². The average Bonchev–Trinajstić information content (AvgIpc) is 2.97. The van der Waals surface area contributed by atoms with Gasteiger partial charge in [-0.05, 0) is 24.3 Å². The molecular weight excluding hydrogens is 308 g/mol. The first-order valence-corrected chi connectivity index (χ1v) is 8.27. The van der Waals surface area contributed by atoms with Crippen LogP contribution in [-0.2, 0) is 10.0 Å². The SMILES string of the molecule is NS(=O)(=O)c1cccc(-c2cnc(-c3cccnc3)s2)n1. The molecule has 0 aliphatic carbocycles. The molecule has 0 spiro atoms. The number of rotatable bonds is 3. The summed E-state index contributed by atoms with van der Waals surface area (Å²) in [7, 11) is -3.82. The van der Waals surface area contributed by atoms with Crippen LogP contribution >= 0.6 is 11.3 Å². The molecule has 21 heavy (non-hydrogen) atoms. The van der Waals surface area contributed by atoms with Gasteiger partial charge in [-0.2, -0.15) is 0 Å². The molecule has 0 fully saturated rings. The molecule has 106 valence electrons. The second-order valence-corrected chi connectivity index (χ2v) is 6.72. The van der Waals surface area contributed by atoms with Gasteiger partial charge in [0.1, 0.15) is 5.01 Å². The summed E-state index contributed by atoms with van der Waals surface area (Å²) in [6.07, 6.45) is 5.06. The first-order chi connectivity index (χ1) is 10.0. The quantitative estimate of drug-likeness (QED) is 0.795. The predicted octanol–water partition coefficient (Wildman–Crippen LogP) is 1.91. The van der Waals surface area contributed by atoms with Crippen LogP contribution in [0.15, 0.2) is 53.9 Å². The van der Waals surface area contributed by atoms with Crippen molar-refractivity contribution in [1.29, 1.82) is 0 Å². The largest absolute Gasteiger partial charge is 0.264 e. The number of sulfonamides is 1. The van der Waals surface area contributed by atoms with E-state index >= 15 is 0 Å². The van der Waals surface area contributed by atoms with E-state index in [1.54, 1.807) is 30.7 Å². The highest BCUT2D eigenvalue weighted by molar-refractivity contribution is 7.89. The van der Waals surface area contributed by atoms with Gasteiger partial charge in [0.05, 0.1) is 10.6 Å². The van der Waals surface area contributed by atoms with E-state index in [1.165, 1.54) is 17.4 Å². The Morgan fingerprint density at radius 2 is 1.95 bits per heavy atom. The van der Waals surface area contributed by atoms with Crippen LogP contribution in [0.3, 0.4) is 0 Å². The van der Waals surface area contributed by atoms with E-state index in [4.69, 9.17) is 5.14 Å². The Morgan fingerprint density at radius 1 is 1.10 bits per heavy atom. The predicted molar refractivity (Wildman–Crippen MR) is 79.9 cm³/mol. The van der Waals surface area contributed by atoms with Crippen molar-refractivity contribution in [1.82, 2.24) is 15.0 Å². The van der Waals surface area contributed by atoms with Crippen LogP contribution in [0.4, 0.5) is 0 Å². The summed E-state index contributed by atoms with van der Waals surface area (Å²) in [5, 5.41) is 5.73. The number of hydrogen-bond acceptors (Lipinski definition) is 6. The lowest BCUT2D eigenvalue weighted by molar-refractivity contribution is 0.594. The Labute approximate surface area is 125 Å². The van der Waals surface area contributed by atoms with E-state index in [-0.39, 0.29) is 5.03 Å². The lowest BCUT2D eigenvalue weighted by Crippen LogP contribution is -2.13. The summed E-state index contributed by atoms with van der Waals surface area (Å²) in [4.78, 5) is 13.2. The normalized spacial score (nSPS) is 11.5. The zero-order valence-corrected chi connectivity index (χ0v) is 12.3. The minimum absolute atomic E-state index is 0.156. The lowest BCUT2D eigenvalue weighted by Gasteiger charge is -1.99. The van der Waals surface area contributed by atoms with Gasteiger partial charge in [-0.1, -0.05) is 6.07 Å². The van der Waals surface area contributed by atoms with Crippen LogP contribution in [0.25, 0.3) is 21.1 Å². The van der Waals surface area contributed by atoms with Crippen LogP contribution in [0.5, 0.6) is 0 Å². The van der Waals surface area contributed by atoms with Crippen LogP contribution in [0, 0.1) is 0 Å². The molecule has 0 unspecified atom stereocenters. The second kappa shape index (κ2) is 5.32. The van der Waals surface area contributed by atoms with Crippen molar-refractivity contribution < 1.29 is 8.42 Å². The van der Waals surface area contributed by atoms with E-state index < -0.39 is 10.0 Å². The lowest BCUT2D eigenvalue weighted by atomic mass is 10.3. The van der Waals surface area contributed by atoms with Crippen molar-refractivity contribution in [3.63, 3.8) is 0 Å². The first kappa shape index (κ1) is 13.8. The van der Waals surface area contributed by atoms with E-state index in [9.17, 15) is 8.42 Å². The van der Waals surface area contributed by atoms with E-state index in [0.29, 0.717) is 5.69 Å². The van der Waals surface area contributed by atoms with Gasteiger partial charge in [0.25, 0.3) is 10.0 Å². The zero-order valence-electron chi connectivity index (χ0n) is 10.7. The topological polar surface area (TPSA) is 98.8 Å². The number of hydrogen-bond donors (Lipinski definition) is 1. The number of pyridine rings is 2. The number of nitrogens with zero attached hydrogens (tertiary/aromatic N) is 3. The molecule has 3 heterocycles. The Morgan fingerprint density at radius 3 is 2.67 bits per heavy atom. The molecule has 3 rings (SSSR count).